The molecule has 0 saturated carbocycles. The SMILES string of the molecule is C=C/C=C\C(=C)C.c1ccc(-c2cccc(N(c3ccccc3)c3ccc4cc(-n5c6ccccc6c6ccc7c(c8ccccc8n7-c7ccc8ccccc8c7)c65)ccc4c3)c2)cc1. The maximum absolute atomic E-state index is 3.66. The Morgan fingerprint density at radius 3 is 1.73 bits per heavy atom. The van der Waals surface area contributed by atoms with E-state index in [0.29, 0.717) is 0 Å². The monoisotopic (exact) mass is 845 g/mol. The number of nitrogens with zero attached hydrogens (tertiary/aromatic N) is 3. The van der Waals surface area contributed by atoms with Crippen molar-refractivity contribution in [1.29, 1.82) is 0 Å². The fraction of sp³-hybridized carbons (Fsp3) is 0.0159. The maximum Gasteiger partial charge on any atom is 0.0641 e. The van der Waals surface area contributed by atoms with Crippen LogP contribution in [0.4, 0.5) is 17.1 Å². The Morgan fingerprint density at radius 2 is 0.985 bits per heavy atom. The normalized spacial score (nSPS) is 11.5. The first-order valence-corrected chi connectivity index (χ1v) is 22.5. The van der Waals surface area contributed by atoms with Gasteiger partial charge in [0, 0.05) is 50.0 Å². The van der Waals surface area contributed by atoms with Gasteiger partial charge in [0.15, 0.2) is 0 Å². The molecular weight excluding hydrogens is 799 g/mol. The highest BCUT2D eigenvalue weighted by Gasteiger charge is 2.21. The fourth-order valence-electron chi connectivity index (χ4n) is 9.58. The highest BCUT2D eigenvalue weighted by molar-refractivity contribution is 6.26. The average Bonchev–Trinajstić information content (AvgIpc) is 3.89. The van der Waals surface area contributed by atoms with Gasteiger partial charge >= 0.3 is 0 Å². The van der Waals surface area contributed by atoms with Crippen molar-refractivity contribution in [3.63, 3.8) is 0 Å². The molecule has 0 saturated heterocycles. The van der Waals surface area contributed by atoms with Gasteiger partial charge in [-0.25, -0.2) is 0 Å². The molecule has 3 heteroatoms. The van der Waals surface area contributed by atoms with Crippen LogP contribution in [-0.4, -0.2) is 9.13 Å². The van der Waals surface area contributed by atoms with Crippen LogP contribution in [0, 0.1) is 0 Å². The van der Waals surface area contributed by atoms with Gasteiger partial charge in [-0.1, -0.05) is 183 Å². The molecule has 3 nitrogen and oxygen atoms in total. The summed E-state index contributed by atoms with van der Waals surface area (Å²) in [5, 5.41) is 9.85. The Kier molecular flexibility index (Phi) is 10.4. The lowest BCUT2D eigenvalue weighted by Gasteiger charge is -2.26. The van der Waals surface area contributed by atoms with Crippen molar-refractivity contribution in [1.82, 2.24) is 9.13 Å². The topological polar surface area (TPSA) is 13.1 Å². The molecule has 0 atom stereocenters. The van der Waals surface area contributed by atoms with Crippen LogP contribution in [0.2, 0.25) is 0 Å². The predicted octanol–water partition coefficient (Wildman–Crippen LogP) is 17.6. The van der Waals surface area contributed by atoms with E-state index in [2.05, 4.69) is 252 Å². The molecule has 12 rings (SSSR count). The molecule has 0 aliphatic carbocycles. The van der Waals surface area contributed by atoms with E-state index in [1.165, 1.54) is 76.3 Å². The summed E-state index contributed by atoms with van der Waals surface area (Å²) >= 11 is 0. The van der Waals surface area contributed by atoms with E-state index in [4.69, 9.17) is 0 Å². The van der Waals surface area contributed by atoms with Crippen molar-refractivity contribution in [3.8, 4) is 22.5 Å². The number of rotatable bonds is 8. The fourth-order valence-corrected chi connectivity index (χ4v) is 9.58. The number of allylic oxidation sites excluding steroid dienone is 4. The number of hydrogen-bond donors (Lipinski definition) is 0. The summed E-state index contributed by atoms with van der Waals surface area (Å²) in [5.74, 6) is 0. The van der Waals surface area contributed by atoms with Crippen LogP contribution in [0.3, 0.4) is 0 Å². The van der Waals surface area contributed by atoms with E-state index < -0.39 is 0 Å². The second kappa shape index (κ2) is 17.1. The number of benzene rings is 10. The molecular formula is C63H47N3. The van der Waals surface area contributed by atoms with Crippen molar-refractivity contribution < 1.29 is 0 Å². The number of fused-ring (bicyclic) bond motifs is 9. The van der Waals surface area contributed by atoms with Crippen molar-refractivity contribution in [2.75, 3.05) is 4.90 Å². The lowest BCUT2D eigenvalue weighted by Crippen LogP contribution is -2.09. The number of hydrogen-bond acceptors (Lipinski definition) is 1. The predicted molar refractivity (Wildman–Crippen MR) is 284 cm³/mol. The lowest BCUT2D eigenvalue weighted by atomic mass is 10.0. The Morgan fingerprint density at radius 1 is 0.424 bits per heavy atom. The third kappa shape index (κ3) is 7.23. The number of anilines is 3. The van der Waals surface area contributed by atoms with Crippen molar-refractivity contribution in [3.05, 3.63) is 261 Å². The van der Waals surface area contributed by atoms with Crippen molar-refractivity contribution in [2.45, 2.75) is 6.92 Å². The summed E-state index contributed by atoms with van der Waals surface area (Å²) in [5.41, 5.74) is 13.9. The largest absolute Gasteiger partial charge is 0.310 e. The molecule has 314 valence electrons. The molecule has 0 amide bonds. The van der Waals surface area contributed by atoms with Gasteiger partial charge in [-0.3, -0.25) is 0 Å². The van der Waals surface area contributed by atoms with Crippen molar-refractivity contribution >= 4 is 82.2 Å². The van der Waals surface area contributed by atoms with Gasteiger partial charge in [-0.15, -0.1) is 0 Å². The van der Waals surface area contributed by atoms with Crippen LogP contribution in [0.15, 0.2) is 261 Å². The van der Waals surface area contributed by atoms with Gasteiger partial charge in [0.25, 0.3) is 0 Å². The standard InChI is InChI=1S/C56H37N3.C7H10/c1-3-14-38(15-4-1)41-18-13-21-45(34-41)57(44-19-5-2-6-20-44)46-30-27-43-37-48(31-28-42(43)36-46)59-52-24-11-9-22-49(52)50-32-33-54-55(56(50)59)51-23-10-12-25-53(51)58(54)47-29-26-39-16-7-8-17-40(39)35-47;1-4-5-6-7(2)3/h1-37H;4-6H,1-2H2,3H3/b;6-5-. The molecule has 12 aromatic rings. The molecule has 0 spiro atoms. The van der Waals surface area contributed by atoms with Gasteiger partial charge in [-0.2, -0.15) is 0 Å². The molecule has 0 bridgehead atoms. The summed E-state index contributed by atoms with van der Waals surface area (Å²) in [6.45, 7) is 9.11. The van der Waals surface area contributed by atoms with Gasteiger partial charge in [-0.05, 0) is 118 Å². The first kappa shape index (κ1) is 40.1. The highest BCUT2D eigenvalue weighted by Crippen LogP contribution is 2.43. The Bertz CT molecular complexity index is 3810. The molecule has 0 N–H and O–H groups in total. The van der Waals surface area contributed by atoms with E-state index >= 15 is 0 Å². The average molecular weight is 846 g/mol. The van der Waals surface area contributed by atoms with Crippen LogP contribution in [-0.2, 0) is 0 Å². The van der Waals surface area contributed by atoms with Crippen LogP contribution in [0.1, 0.15) is 6.92 Å². The first-order valence-electron chi connectivity index (χ1n) is 22.5. The van der Waals surface area contributed by atoms with Crippen molar-refractivity contribution in [2.24, 2.45) is 0 Å². The summed E-state index contributed by atoms with van der Waals surface area (Å²) in [6.07, 6.45) is 5.50. The molecule has 10 aromatic carbocycles. The summed E-state index contributed by atoms with van der Waals surface area (Å²) in [6, 6.07) is 81.7. The zero-order valence-corrected chi connectivity index (χ0v) is 36.8. The van der Waals surface area contributed by atoms with E-state index in [-0.39, 0.29) is 0 Å². The summed E-state index contributed by atoms with van der Waals surface area (Å²) in [7, 11) is 0. The molecule has 2 heterocycles. The Balaban J connectivity index is 0.000000640. The molecule has 0 aliphatic heterocycles. The van der Waals surface area contributed by atoms with Crippen LogP contribution in [0.5, 0.6) is 0 Å². The maximum atomic E-state index is 3.66. The second-order valence-electron chi connectivity index (χ2n) is 16.8. The molecule has 0 radical (unpaired) electrons. The van der Waals surface area contributed by atoms with Gasteiger partial charge in [0.1, 0.15) is 0 Å². The number of para-hydroxylation sites is 3. The smallest absolute Gasteiger partial charge is 0.0641 e. The zero-order chi connectivity index (χ0) is 44.6. The number of aromatic nitrogens is 2. The zero-order valence-electron chi connectivity index (χ0n) is 36.8. The second-order valence-corrected chi connectivity index (χ2v) is 16.8. The molecule has 0 aliphatic rings. The van der Waals surface area contributed by atoms with Gasteiger partial charge in [0.2, 0.25) is 0 Å². The molecule has 0 fully saturated rings. The van der Waals surface area contributed by atoms with Crippen LogP contribution < -0.4 is 4.90 Å². The van der Waals surface area contributed by atoms with Gasteiger partial charge < -0.3 is 14.0 Å². The van der Waals surface area contributed by atoms with Crippen LogP contribution >= 0.6 is 0 Å². The summed E-state index contributed by atoms with van der Waals surface area (Å²) < 4.78 is 4.93. The van der Waals surface area contributed by atoms with E-state index in [0.717, 1.165) is 34.0 Å². The van der Waals surface area contributed by atoms with E-state index in [1.807, 2.05) is 19.1 Å². The van der Waals surface area contributed by atoms with E-state index in [9.17, 15) is 0 Å². The molecule has 66 heavy (non-hydrogen) atoms. The van der Waals surface area contributed by atoms with Crippen LogP contribution in [0.25, 0.3) is 87.7 Å². The Hall–Kier alpha value is -8.66. The third-order valence-corrected chi connectivity index (χ3v) is 12.5. The van der Waals surface area contributed by atoms with E-state index in [1.54, 1.807) is 6.08 Å². The first-order chi connectivity index (χ1) is 32.5. The summed E-state index contributed by atoms with van der Waals surface area (Å²) in [4.78, 5) is 2.36. The van der Waals surface area contributed by atoms with Gasteiger partial charge in [0.05, 0.1) is 22.1 Å². The Labute approximate surface area is 385 Å². The molecule has 0 unspecified atom stereocenters. The highest BCUT2D eigenvalue weighted by atomic mass is 15.1. The third-order valence-electron chi connectivity index (χ3n) is 12.5. The minimum atomic E-state index is 1.06. The quantitative estimate of drug-likeness (QED) is 0.139. The minimum absolute atomic E-state index is 1.06. The molecule has 2 aromatic heterocycles. The minimum Gasteiger partial charge on any atom is -0.310 e. The lowest BCUT2D eigenvalue weighted by molar-refractivity contribution is 1.18.